The van der Waals surface area contributed by atoms with E-state index >= 15 is 0 Å². The largest absolute Gasteiger partial charge is 0.349 e. The molecule has 0 aliphatic heterocycles. The highest BCUT2D eigenvalue weighted by atomic mass is 32.1. The van der Waals surface area contributed by atoms with E-state index in [-0.39, 0.29) is 0 Å². The van der Waals surface area contributed by atoms with E-state index in [0.717, 1.165) is 18.4 Å². The van der Waals surface area contributed by atoms with Gasteiger partial charge >= 0.3 is 0 Å². The van der Waals surface area contributed by atoms with Crippen LogP contribution in [0, 0.1) is 0 Å². The summed E-state index contributed by atoms with van der Waals surface area (Å²) in [6, 6.07) is 3.91. The first kappa shape index (κ1) is 8.26. The van der Waals surface area contributed by atoms with E-state index in [1.807, 2.05) is 23.0 Å². The van der Waals surface area contributed by atoms with Crippen LogP contribution in [0.4, 0.5) is 0 Å². The summed E-state index contributed by atoms with van der Waals surface area (Å²) in [5, 5.41) is 4.17. The molecule has 0 spiro atoms. The van der Waals surface area contributed by atoms with Gasteiger partial charge in [-0.1, -0.05) is 0 Å². The van der Waals surface area contributed by atoms with Gasteiger partial charge in [-0.05, 0) is 28.5 Å². The highest BCUT2D eigenvalue weighted by Crippen LogP contribution is 2.08. The monoisotopic (exact) mass is 191 g/mol. The lowest BCUT2D eigenvalue weighted by molar-refractivity contribution is 0.112. The number of hydrogen-bond donors (Lipinski definition) is 0. The van der Waals surface area contributed by atoms with Gasteiger partial charge in [0, 0.05) is 24.5 Å². The molecule has 0 radical (unpaired) electrons. The number of aldehydes is 1. The number of aromatic nitrogens is 1. The molecular weight excluding hydrogens is 182 g/mol. The van der Waals surface area contributed by atoms with Crippen LogP contribution in [0.25, 0.3) is 0 Å². The van der Waals surface area contributed by atoms with Gasteiger partial charge in [0.15, 0.2) is 6.29 Å². The Morgan fingerprint density at radius 1 is 1.46 bits per heavy atom. The van der Waals surface area contributed by atoms with Crippen LogP contribution < -0.4 is 0 Å². The van der Waals surface area contributed by atoms with Gasteiger partial charge < -0.3 is 4.57 Å². The van der Waals surface area contributed by atoms with Crippen molar-refractivity contribution >= 4 is 17.6 Å². The lowest BCUT2D eigenvalue weighted by atomic mass is 10.3. The highest BCUT2D eigenvalue weighted by Gasteiger charge is 1.96. The van der Waals surface area contributed by atoms with Gasteiger partial charge in [-0.2, -0.15) is 11.3 Å². The Labute approximate surface area is 80.4 Å². The SMILES string of the molecule is O=Cc1ccn(Cc2ccsc2)c1. The van der Waals surface area contributed by atoms with Crippen molar-refractivity contribution in [2.45, 2.75) is 6.54 Å². The molecule has 13 heavy (non-hydrogen) atoms. The Kier molecular flexibility index (Phi) is 2.27. The Morgan fingerprint density at radius 2 is 2.38 bits per heavy atom. The number of thiophene rings is 1. The van der Waals surface area contributed by atoms with Crippen LogP contribution in [0.5, 0.6) is 0 Å². The summed E-state index contributed by atoms with van der Waals surface area (Å²) in [6.45, 7) is 0.845. The summed E-state index contributed by atoms with van der Waals surface area (Å²) in [4.78, 5) is 10.4. The Bertz CT molecular complexity index is 389. The molecule has 0 saturated carbocycles. The molecule has 2 heterocycles. The van der Waals surface area contributed by atoms with E-state index in [0.29, 0.717) is 0 Å². The van der Waals surface area contributed by atoms with Gasteiger partial charge in [-0.15, -0.1) is 0 Å². The van der Waals surface area contributed by atoms with Crippen molar-refractivity contribution in [1.82, 2.24) is 4.57 Å². The lowest BCUT2D eigenvalue weighted by Crippen LogP contribution is -1.93. The summed E-state index contributed by atoms with van der Waals surface area (Å²) in [7, 11) is 0. The molecule has 0 aliphatic carbocycles. The Balaban J connectivity index is 2.14. The molecule has 0 N–H and O–H groups in total. The van der Waals surface area contributed by atoms with Crippen LogP contribution in [0.1, 0.15) is 15.9 Å². The minimum atomic E-state index is 0.732. The van der Waals surface area contributed by atoms with Crippen LogP contribution in [0.2, 0.25) is 0 Å². The Hall–Kier alpha value is -1.35. The van der Waals surface area contributed by atoms with Gasteiger partial charge in [0.05, 0.1) is 0 Å². The van der Waals surface area contributed by atoms with Crippen LogP contribution in [0.3, 0.4) is 0 Å². The summed E-state index contributed by atoms with van der Waals surface area (Å²) in [5.41, 5.74) is 2.01. The van der Waals surface area contributed by atoms with E-state index in [4.69, 9.17) is 0 Å². The normalized spacial score (nSPS) is 10.2. The number of carbonyl (C=O) groups is 1. The standard InChI is InChI=1S/C10H9NOS/c12-7-9-1-3-11(5-9)6-10-2-4-13-8-10/h1-5,7-8H,6H2. The first-order valence-electron chi connectivity index (χ1n) is 4.00. The topological polar surface area (TPSA) is 22.0 Å². The van der Waals surface area contributed by atoms with E-state index in [1.165, 1.54) is 5.56 Å². The van der Waals surface area contributed by atoms with Crippen LogP contribution in [0.15, 0.2) is 35.3 Å². The molecule has 0 atom stereocenters. The molecule has 0 saturated heterocycles. The molecular formula is C10H9NOS. The molecule has 0 aliphatic rings. The molecule has 0 amide bonds. The number of carbonyl (C=O) groups excluding carboxylic acids is 1. The first-order valence-corrected chi connectivity index (χ1v) is 4.95. The second-order valence-corrected chi connectivity index (χ2v) is 3.65. The number of nitrogens with zero attached hydrogens (tertiary/aromatic N) is 1. The molecule has 0 aromatic carbocycles. The zero-order valence-corrected chi connectivity index (χ0v) is 7.83. The fourth-order valence-electron chi connectivity index (χ4n) is 1.22. The molecule has 2 rings (SSSR count). The second kappa shape index (κ2) is 3.58. The van der Waals surface area contributed by atoms with Crippen molar-refractivity contribution in [2.75, 3.05) is 0 Å². The number of rotatable bonds is 3. The second-order valence-electron chi connectivity index (χ2n) is 2.87. The summed E-state index contributed by atoms with van der Waals surface area (Å²) < 4.78 is 2.01. The van der Waals surface area contributed by atoms with Gasteiger partial charge in [0.2, 0.25) is 0 Å². The molecule has 3 heteroatoms. The zero-order chi connectivity index (χ0) is 9.10. The average molecular weight is 191 g/mol. The number of hydrogen-bond acceptors (Lipinski definition) is 2. The van der Waals surface area contributed by atoms with Gasteiger partial charge in [-0.25, -0.2) is 0 Å². The third-order valence-corrected chi connectivity index (χ3v) is 2.59. The molecule has 0 fully saturated rings. The average Bonchev–Trinajstić information content (AvgIpc) is 2.76. The fraction of sp³-hybridized carbons (Fsp3) is 0.100. The zero-order valence-electron chi connectivity index (χ0n) is 7.01. The predicted molar refractivity (Wildman–Crippen MR) is 53.2 cm³/mol. The fourth-order valence-corrected chi connectivity index (χ4v) is 1.88. The van der Waals surface area contributed by atoms with E-state index in [2.05, 4.69) is 16.8 Å². The van der Waals surface area contributed by atoms with Crippen molar-refractivity contribution in [3.05, 3.63) is 46.4 Å². The smallest absolute Gasteiger partial charge is 0.151 e. The summed E-state index contributed by atoms with van der Waals surface area (Å²) >= 11 is 1.69. The lowest BCUT2D eigenvalue weighted by Gasteiger charge is -1.98. The highest BCUT2D eigenvalue weighted by molar-refractivity contribution is 7.07. The summed E-state index contributed by atoms with van der Waals surface area (Å²) in [5.74, 6) is 0. The maximum absolute atomic E-state index is 10.4. The molecule has 2 aromatic heterocycles. The van der Waals surface area contributed by atoms with E-state index in [1.54, 1.807) is 11.3 Å². The van der Waals surface area contributed by atoms with Crippen molar-refractivity contribution in [2.24, 2.45) is 0 Å². The third kappa shape index (κ3) is 1.87. The molecule has 0 unspecified atom stereocenters. The van der Waals surface area contributed by atoms with Crippen molar-refractivity contribution in [1.29, 1.82) is 0 Å². The first-order chi connectivity index (χ1) is 6.38. The van der Waals surface area contributed by atoms with E-state index < -0.39 is 0 Å². The van der Waals surface area contributed by atoms with Crippen molar-refractivity contribution < 1.29 is 4.79 Å². The molecule has 2 aromatic rings. The van der Waals surface area contributed by atoms with Gasteiger partial charge in [-0.3, -0.25) is 4.79 Å². The molecule has 0 bridgehead atoms. The van der Waals surface area contributed by atoms with Crippen molar-refractivity contribution in [3.8, 4) is 0 Å². The van der Waals surface area contributed by atoms with E-state index in [9.17, 15) is 4.79 Å². The molecule has 2 nitrogen and oxygen atoms in total. The molecule has 66 valence electrons. The quantitative estimate of drug-likeness (QED) is 0.683. The third-order valence-electron chi connectivity index (χ3n) is 1.85. The van der Waals surface area contributed by atoms with Crippen LogP contribution in [-0.2, 0) is 6.54 Å². The predicted octanol–water partition coefficient (Wildman–Crippen LogP) is 2.41. The maximum atomic E-state index is 10.4. The minimum Gasteiger partial charge on any atom is -0.349 e. The summed E-state index contributed by atoms with van der Waals surface area (Å²) in [6.07, 6.45) is 4.64. The van der Waals surface area contributed by atoms with Crippen LogP contribution in [-0.4, -0.2) is 10.9 Å². The minimum absolute atomic E-state index is 0.732. The van der Waals surface area contributed by atoms with Crippen molar-refractivity contribution in [3.63, 3.8) is 0 Å². The van der Waals surface area contributed by atoms with Gasteiger partial charge in [0.1, 0.15) is 0 Å². The maximum Gasteiger partial charge on any atom is 0.151 e. The van der Waals surface area contributed by atoms with Crippen LogP contribution >= 0.6 is 11.3 Å². The van der Waals surface area contributed by atoms with Gasteiger partial charge in [0.25, 0.3) is 0 Å². The Morgan fingerprint density at radius 3 is 3.00 bits per heavy atom.